The summed E-state index contributed by atoms with van der Waals surface area (Å²) in [5.41, 5.74) is 6.51. The highest BCUT2D eigenvalue weighted by Gasteiger charge is 2.21. The third-order valence-electron chi connectivity index (χ3n) is 3.88. The zero-order chi connectivity index (χ0) is 13.0. The summed E-state index contributed by atoms with van der Waals surface area (Å²) in [6.45, 7) is 2.27. The molecule has 1 saturated carbocycles. The lowest BCUT2D eigenvalue weighted by Gasteiger charge is -2.28. The Labute approximate surface area is 109 Å². The fourth-order valence-electron chi connectivity index (χ4n) is 2.64. The Balaban J connectivity index is 1.92. The molecule has 2 N–H and O–H groups in total. The van der Waals surface area contributed by atoms with E-state index in [2.05, 4.69) is 6.92 Å². The maximum atomic E-state index is 5.99. The fourth-order valence-corrected chi connectivity index (χ4v) is 2.64. The summed E-state index contributed by atoms with van der Waals surface area (Å²) in [6.07, 6.45) is 6.53. The number of rotatable bonds is 4. The molecule has 0 radical (unpaired) electrons. The van der Waals surface area contributed by atoms with Crippen LogP contribution in [0.15, 0.2) is 18.2 Å². The summed E-state index contributed by atoms with van der Waals surface area (Å²) >= 11 is 0. The minimum atomic E-state index is 0.348. The van der Waals surface area contributed by atoms with Crippen LogP contribution in [0.1, 0.15) is 39.0 Å². The van der Waals surface area contributed by atoms with Gasteiger partial charge in [-0.3, -0.25) is 0 Å². The van der Waals surface area contributed by atoms with Crippen LogP contribution in [0, 0.1) is 5.92 Å². The molecule has 0 atom stereocenters. The first-order chi connectivity index (χ1) is 8.72. The van der Waals surface area contributed by atoms with Gasteiger partial charge in [-0.1, -0.05) is 13.3 Å². The molecule has 0 unspecified atom stereocenters. The molecule has 1 aromatic carbocycles. The highest BCUT2D eigenvalue weighted by atomic mass is 16.5. The first-order valence-corrected chi connectivity index (χ1v) is 6.83. The molecule has 0 spiro atoms. The van der Waals surface area contributed by atoms with Gasteiger partial charge in [0.05, 0.1) is 18.9 Å². The highest BCUT2D eigenvalue weighted by molar-refractivity contribution is 5.56. The molecule has 3 nitrogen and oxygen atoms in total. The monoisotopic (exact) mass is 249 g/mol. The van der Waals surface area contributed by atoms with Crippen molar-refractivity contribution in [3.63, 3.8) is 0 Å². The summed E-state index contributed by atoms with van der Waals surface area (Å²) in [6, 6.07) is 5.65. The summed E-state index contributed by atoms with van der Waals surface area (Å²) < 4.78 is 11.1. The molecule has 1 aromatic rings. The van der Waals surface area contributed by atoms with Crippen molar-refractivity contribution in [1.82, 2.24) is 0 Å². The van der Waals surface area contributed by atoms with Gasteiger partial charge in [0.2, 0.25) is 0 Å². The maximum Gasteiger partial charge on any atom is 0.142 e. The van der Waals surface area contributed by atoms with E-state index in [1.807, 2.05) is 18.2 Å². The van der Waals surface area contributed by atoms with Gasteiger partial charge in [0, 0.05) is 6.07 Å². The van der Waals surface area contributed by atoms with E-state index in [1.165, 1.54) is 19.3 Å². The molecule has 0 heterocycles. The minimum absolute atomic E-state index is 0.348. The van der Waals surface area contributed by atoms with Crippen LogP contribution in [0.2, 0.25) is 0 Å². The summed E-state index contributed by atoms with van der Waals surface area (Å²) in [4.78, 5) is 0. The predicted molar refractivity (Wildman–Crippen MR) is 74.1 cm³/mol. The smallest absolute Gasteiger partial charge is 0.142 e. The topological polar surface area (TPSA) is 44.5 Å². The van der Waals surface area contributed by atoms with Crippen LogP contribution >= 0.6 is 0 Å². The predicted octanol–water partition coefficient (Wildman–Crippen LogP) is 3.63. The van der Waals surface area contributed by atoms with Crippen LogP contribution in [0.5, 0.6) is 11.5 Å². The summed E-state index contributed by atoms with van der Waals surface area (Å²) in [5, 5.41) is 0. The van der Waals surface area contributed by atoms with Crippen molar-refractivity contribution in [2.45, 2.75) is 45.1 Å². The van der Waals surface area contributed by atoms with Crippen molar-refractivity contribution in [2.24, 2.45) is 5.92 Å². The van der Waals surface area contributed by atoms with Crippen LogP contribution in [-0.2, 0) is 0 Å². The van der Waals surface area contributed by atoms with E-state index in [4.69, 9.17) is 15.2 Å². The van der Waals surface area contributed by atoms with Crippen LogP contribution in [0.25, 0.3) is 0 Å². The number of nitrogens with two attached hydrogens (primary N) is 1. The van der Waals surface area contributed by atoms with Crippen LogP contribution in [0.3, 0.4) is 0 Å². The highest BCUT2D eigenvalue weighted by Crippen LogP contribution is 2.31. The normalized spacial score (nSPS) is 23.7. The van der Waals surface area contributed by atoms with Gasteiger partial charge >= 0.3 is 0 Å². The van der Waals surface area contributed by atoms with Crippen molar-refractivity contribution < 1.29 is 9.47 Å². The number of anilines is 1. The molecule has 0 bridgehead atoms. The second-order valence-corrected chi connectivity index (χ2v) is 5.07. The first-order valence-electron chi connectivity index (χ1n) is 6.83. The van der Waals surface area contributed by atoms with Gasteiger partial charge in [-0.05, 0) is 43.7 Å². The number of methoxy groups -OCH3 is 1. The Morgan fingerprint density at radius 1 is 1.22 bits per heavy atom. The van der Waals surface area contributed by atoms with Gasteiger partial charge in [0.15, 0.2) is 0 Å². The Morgan fingerprint density at radius 3 is 2.50 bits per heavy atom. The molecule has 1 fully saturated rings. The van der Waals surface area contributed by atoms with Crippen molar-refractivity contribution in [3.05, 3.63) is 18.2 Å². The third-order valence-corrected chi connectivity index (χ3v) is 3.88. The van der Waals surface area contributed by atoms with Crippen LogP contribution < -0.4 is 15.2 Å². The zero-order valence-corrected chi connectivity index (χ0v) is 11.3. The summed E-state index contributed by atoms with van der Waals surface area (Å²) in [5.74, 6) is 2.45. The van der Waals surface area contributed by atoms with Crippen LogP contribution in [-0.4, -0.2) is 13.2 Å². The molecule has 0 aliphatic heterocycles. The Bertz CT molecular complexity index is 384. The lowest BCUT2D eigenvalue weighted by Crippen LogP contribution is -2.23. The van der Waals surface area contributed by atoms with Gasteiger partial charge < -0.3 is 15.2 Å². The molecule has 0 amide bonds. The first kappa shape index (κ1) is 13.1. The zero-order valence-electron chi connectivity index (χ0n) is 11.3. The van der Waals surface area contributed by atoms with Crippen molar-refractivity contribution in [2.75, 3.05) is 12.8 Å². The van der Waals surface area contributed by atoms with Gasteiger partial charge in [-0.2, -0.15) is 0 Å². The van der Waals surface area contributed by atoms with Crippen molar-refractivity contribution >= 4 is 5.69 Å². The minimum Gasteiger partial charge on any atom is -0.495 e. The van der Waals surface area contributed by atoms with E-state index in [1.54, 1.807) is 7.11 Å². The SMILES string of the molecule is CCC1CCC(Oc2ccc(OC)c(N)c2)CC1. The quantitative estimate of drug-likeness (QED) is 0.829. The lowest BCUT2D eigenvalue weighted by atomic mass is 9.86. The molecule has 2 rings (SSSR count). The number of hydrogen-bond acceptors (Lipinski definition) is 3. The molecule has 0 aromatic heterocycles. The average Bonchev–Trinajstić information content (AvgIpc) is 2.40. The second kappa shape index (κ2) is 5.98. The summed E-state index contributed by atoms with van der Waals surface area (Å²) in [7, 11) is 1.62. The molecule has 100 valence electrons. The fraction of sp³-hybridized carbons (Fsp3) is 0.600. The van der Waals surface area contributed by atoms with E-state index in [-0.39, 0.29) is 0 Å². The molecular weight excluding hydrogens is 226 g/mol. The molecule has 18 heavy (non-hydrogen) atoms. The van der Waals surface area contributed by atoms with Gasteiger partial charge in [0.25, 0.3) is 0 Å². The molecule has 3 heteroatoms. The van der Waals surface area contributed by atoms with E-state index >= 15 is 0 Å². The Kier molecular flexibility index (Phi) is 4.34. The van der Waals surface area contributed by atoms with E-state index in [9.17, 15) is 0 Å². The number of ether oxygens (including phenoxy) is 2. The number of nitrogen functional groups attached to an aromatic ring is 1. The van der Waals surface area contributed by atoms with Crippen molar-refractivity contribution in [1.29, 1.82) is 0 Å². The van der Waals surface area contributed by atoms with E-state index < -0.39 is 0 Å². The second-order valence-electron chi connectivity index (χ2n) is 5.07. The lowest BCUT2D eigenvalue weighted by molar-refractivity contribution is 0.130. The molecule has 1 aliphatic carbocycles. The van der Waals surface area contributed by atoms with Gasteiger partial charge in [-0.15, -0.1) is 0 Å². The third kappa shape index (κ3) is 3.09. The number of hydrogen-bond donors (Lipinski definition) is 1. The van der Waals surface area contributed by atoms with E-state index in [0.29, 0.717) is 17.5 Å². The average molecular weight is 249 g/mol. The Morgan fingerprint density at radius 2 is 1.94 bits per heavy atom. The van der Waals surface area contributed by atoms with Crippen molar-refractivity contribution in [3.8, 4) is 11.5 Å². The van der Waals surface area contributed by atoms with E-state index in [0.717, 1.165) is 24.5 Å². The Hall–Kier alpha value is -1.38. The largest absolute Gasteiger partial charge is 0.495 e. The molecule has 1 aliphatic rings. The molecular formula is C15H23NO2. The van der Waals surface area contributed by atoms with Gasteiger partial charge in [-0.25, -0.2) is 0 Å². The standard InChI is InChI=1S/C15H23NO2/c1-3-11-4-6-12(7-5-11)18-13-8-9-15(17-2)14(16)10-13/h8-12H,3-7,16H2,1-2H3. The van der Waals surface area contributed by atoms with Gasteiger partial charge in [0.1, 0.15) is 11.5 Å². The maximum absolute atomic E-state index is 5.99. The number of benzene rings is 1. The molecule has 0 saturated heterocycles. The van der Waals surface area contributed by atoms with Crippen LogP contribution in [0.4, 0.5) is 5.69 Å².